The molecule has 0 spiro atoms. The van der Waals surface area contributed by atoms with E-state index in [0.29, 0.717) is 55.3 Å². The zero-order valence-electron chi connectivity index (χ0n) is 19.8. The van der Waals surface area contributed by atoms with Crippen LogP contribution in [0.5, 0.6) is 11.5 Å². The monoisotopic (exact) mass is 531 g/mol. The zero-order chi connectivity index (χ0) is 26.1. The zero-order valence-corrected chi connectivity index (χ0v) is 20.5. The molecule has 0 aliphatic carbocycles. The first-order valence-electron chi connectivity index (χ1n) is 11.8. The number of aromatic nitrogens is 3. The second kappa shape index (κ2) is 10.3. The molecule has 1 aromatic carbocycles. The van der Waals surface area contributed by atoms with E-state index >= 15 is 0 Å². The largest absolute Gasteiger partial charge is 0.486 e. The highest BCUT2D eigenvalue weighted by Crippen LogP contribution is 2.45. The van der Waals surface area contributed by atoms with Crippen LogP contribution in [0.2, 0.25) is 5.02 Å². The molecule has 2 aromatic heterocycles. The minimum atomic E-state index is -2.82. The Bertz CT molecular complexity index is 1380. The fraction of sp³-hybridized carbons (Fsp3) is 0.360. The maximum absolute atomic E-state index is 13.2. The van der Waals surface area contributed by atoms with Crippen molar-refractivity contribution in [2.45, 2.75) is 31.7 Å². The molecule has 0 radical (unpaired) electrons. The quantitative estimate of drug-likeness (QED) is 0.476. The number of halogens is 3. The number of benzene rings is 1. The molecular weight excluding hydrogens is 508 g/mol. The number of anilines is 1. The molecule has 2 aliphatic rings. The Morgan fingerprint density at radius 3 is 2.84 bits per heavy atom. The molecule has 0 unspecified atom stereocenters. The Balaban J connectivity index is 1.61. The number of amides is 2. The Hall–Kier alpha value is -3.73. The minimum Gasteiger partial charge on any atom is -0.486 e. The van der Waals surface area contributed by atoms with E-state index in [4.69, 9.17) is 21.1 Å². The average Bonchev–Trinajstić information content (AvgIpc) is 3.08. The van der Waals surface area contributed by atoms with Crippen molar-refractivity contribution in [3.8, 4) is 11.5 Å². The highest BCUT2D eigenvalue weighted by Gasteiger charge is 2.30. The first-order valence-corrected chi connectivity index (χ1v) is 12.2. The van der Waals surface area contributed by atoms with Crippen molar-refractivity contribution >= 4 is 40.4 Å². The molecule has 12 heteroatoms. The Kier molecular flexibility index (Phi) is 6.96. The van der Waals surface area contributed by atoms with Gasteiger partial charge in [-0.1, -0.05) is 18.2 Å². The van der Waals surface area contributed by atoms with E-state index in [1.807, 2.05) is 0 Å². The number of carbonyl (C=O) groups is 2. The van der Waals surface area contributed by atoms with Crippen LogP contribution in [0.15, 0.2) is 37.1 Å². The topological polar surface area (TPSA) is 98.6 Å². The summed E-state index contributed by atoms with van der Waals surface area (Å²) in [5.41, 5.74) is 0.472. The van der Waals surface area contributed by atoms with Gasteiger partial charge in [-0.2, -0.15) is 0 Å². The van der Waals surface area contributed by atoms with E-state index in [2.05, 4.69) is 21.9 Å². The van der Waals surface area contributed by atoms with Gasteiger partial charge < -0.3 is 18.9 Å². The first kappa shape index (κ1) is 24.9. The first-order chi connectivity index (χ1) is 17.9. The Morgan fingerprint density at radius 2 is 2.05 bits per heavy atom. The van der Waals surface area contributed by atoms with E-state index in [1.165, 1.54) is 12.1 Å². The molecule has 1 saturated heterocycles. The van der Waals surface area contributed by atoms with Crippen LogP contribution in [0.1, 0.15) is 47.8 Å². The van der Waals surface area contributed by atoms with Crippen LogP contribution in [-0.2, 0) is 4.79 Å². The number of pyridine rings is 1. The number of hydrogen-bond acceptors (Lipinski definition) is 6. The third kappa shape index (κ3) is 4.83. The van der Waals surface area contributed by atoms with Crippen molar-refractivity contribution in [3.05, 3.63) is 53.3 Å². The molecule has 4 heterocycles. The number of alkyl halides is 2. The number of carbonyl (C=O) groups excluding carboxylic acids is 2. The summed E-state index contributed by atoms with van der Waals surface area (Å²) < 4.78 is 39.6. The van der Waals surface area contributed by atoms with Crippen LogP contribution < -0.4 is 14.8 Å². The van der Waals surface area contributed by atoms with Crippen molar-refractivity contribution in [1.29, 1.82) is 0 Å². The summed E-state index contributed by atoms with van der Waals surface area (Å²) in [7, 11) is 0. The number of imidazole rings is 1. The van der Waals surface area contributed by atoms with Gasteiger partial charge in [0.2, 0.25) is 11.9 Å². The van der Waals surface area contributed by atoms with Crippen molar-refractivity contribution in [2.24, 2.45) is 0 Å². The number of nitrogens with zero attached hydrogens (tertiary/aromatic N) is 4. The molecule has 194 valence electrons. The van der Waals surface area contributed by atoms with Gasteiger partial charge in [0.15, 0.2) is 11.5 Å². The maximum Gasteiger partial charge on any atom is 0.280 e. The second-order valence-corrected chi connectivity index (χ2v) is 9.13. The molecule has 0 bridgehead atoms. The molecule has 1 atom stereocenters. The number of rotatable bonds is 5. The summed E-state index contributed by atoms with van der Waals surface area (Å²) in [6.45, 7) is 5.20. The molecule has 1 N–H and O–H groups in total. The Morgan fingerprint density at radius 1 is 1.24 bits per heavy atom. The van der Waals surface area contributed by atoms with Gasteiger partial charge >= 0.3 is 0 Å². The average molecular weight is 532 g/mol. The maximum atomic E-state index is 13.2. The molecule has 2 amide bonds. The predicted molar refractivity (Wildman–Crippen MR) is 133 cm³/mol. The normalized spacial score (nSPS) is 17.5. The lowest BCUT2D eigenvalue weighted by atomic mass is 10.1. The van der Waals surface area contributed by atoms with Crippen molar-refractivity contribution in [3.63, 3.8) is 0 Å². The van der Waals surface area contributed by atoms with Gasteiger partial charge in [0, 0.05) is 30.9 Å². The fourth-order valence-corrected chi connectivity index (χ4v) is 5.03. The SMILES string of the molecule is C=CC(=O)N1CCCC[C@@H](n2c(NC(=O)c3ccnc(C(F)F)c3)nc3cc4c(c(Cl)c32)OCCO4)C1. The number of likely N-dealkylation sites (tertiary alicyclic amines) is 1. The molecule has 0 saturated carbocycles. The number of fused-ring (bicyclic) bond motifs is 2. The third-order valence-corrected chi connectivity index (χ3v) is 6.77. The fourth-order valence-electron chi connectivity index (χ4n) is 4.70. The highest BCUT2D eigenvalue weighted by atomic mass is 35.5. The van der Waals surface area contributed by atoms with E-state index in [0.717, 1.165) is 25.1 Å². The van der Waals surface area contributed by atoms with Crippen LogP contribution in [0.4, 0.5) is 14.7 Å². The second-order valence-electron chi connectivity index (χ2n) is 8.75. The van der Waals surface area contributed by atoms with Gasteiger partial charge in [-0.15, -0.1) is 0 Å². The molecule has 9 nitrogen and oxygen atoms in total. The van der Waals surface area contributed by atoms with Crippen LogP contribution in [-0.4, -0.2) is 57.6 Å². The molecular formula is C25H24ClF2N5O4. The van der Waals surface area contributed by atoms with Crippen molar-refractivity contribution in [2.75, 3.05) is 31.6 Å². The van der Waals surface area contributed by atoms with E-state index < -0.39 is 18.0 Å². The molecule has 2 aliphatic heterocycles. The van der Waals surface area contributed by atoms with Gasteiger partial charge in [0.1, 0.15) is 23.9 Å². The molecule has 37 heavy (non-hydrogen) atoms. The molecule has 3 aromatic rings. The van der Waals surface area contributed by atoms with E-state index in [1.54, 1.807) is 15.5 Å². The molecule has 1 fully saturated rings. The van der Waals surface area contributed by atoms with Gasteiger partial charge in [-0.25, -0.2) is 13.8 Å². The summed E-state index contributed by atoms with van der Waals surface area (Å²) in [6.07, 6.45) is 1.92. The summed E-state index contributed by atoms with van der Waals surface area (Å²) in [6, 6.07) is 3.78. The van der Waals surface area contributed by atoms with Gasteiger partial charge in [0.05, 0.1) is 17.1 Å². The smallest absolute Gasteiger partial charge is 0.280 e. The number of ether oxygens (including phenoxy) is 2. The predicted octanol–water partition coefficient (Wildman–Crippen LogP) is 4.79. The third-order valence-electron chi connectivity index (χ3n) is 6.41. The lowest BCUT2D eigenvalue weighted by molar-refractivity contribution is -0.126. The van der Waals surface area contributed by atoms with Crippen LogP contribution in [0.3, 0.4) is 0 Å². The van der Waals surface area contributed by atoms with Gasteiger partial charge in [-0.3, -0.25) is 19.9 Å². The van der Waals surface area contributed by atoms with Crippen molar-refractivity contribution < 1.29 is 27.8 Å². The van der Waals surface area contributed by atoms with E-state index in [-0.39, 0.29) is 28.5 Å². The van der Waals surface area contributed by atoms with Gasteiger partial charge in [-0.05, 0) is 37.5 Å². The number of nitrogens with one attached hydrogen (secondary N) is 1. The minimum absolute atomic E-state index is 0.00490. The molecule has 5 rings (SSSR count). The standard InChI is InChI=1S/C25H24ClF2N5O4/c1-2-19(34)32-8-4-3-5-15(13-32)33-21-16(12-18-22(20(21)26)37-10-9-36-18)30-25(33)31-24(35)14-6-7-29-17(11-14)23(27)28/h2,6-7,11-12,15,23H,1,3-5,8-10,13H2,(H,30,31,35)/t15-/m1/s1. The highest BCUT2D eigenvalue weighted by molar-refractivity contribution is 6.37. The van der Waals surface area contributed by atoms with Gasteiger partial charge in [0.25, 0.3) is 12.3 Å². The van der Waals surface area contributed by atoms with Crippen LogP contribution in [0.25, 0.3) is 11.0 Å². The lowest BCUT2D eigenvalue weighted by Crippen LogP contribution is -2.34. The Labute approximate surface area is 216 Å². The summed E-state index contributed by atoms with van der Waals surface area (Å²) in [5, 5.41) is 3.03. The number of hydrogen-bond donors (Lipinski definition) is 1. The summed E-state index contributed by atoms with van der Waals surface area (Å²) in [4.78, 5) is 35.5. The summed E-state index contributed by atoms with van der Waals surface area (Å²) in [5.74, 6) is 0.145. The van der Waals surface area contributed by atoms with Crippen LogP contribution in [0, 0.1) is 0 Å². The van der Waals surface area contributed by atoms with Crippen LogP contribution >= 0.6 is 11.6 Å². The van der Waals surface area contributed by atoms with E-state index in [9.17, 15) is 18.4 Å². The summed E-state index contributed by atoms with van der Waals surface area (Å²) >= 11 is 6.81. The lowest BCUT2D eigenvalue weighted by Gasteiger charge is -2.27. The van der Waals surface area contributed by atoms with Crippen molar-refractivity contribution in [1.82, 2.24) is 19.4 Å².